The molecular formula is C24H30N4S. The average Bonchev–Trinajstić information content (AvgIpc) is 3.45. The van der Waals surface area contributed by atoms with E-state index < -0.39 is 0 Å². The van der Waals surface area contributed by atoms with Crippen molar-refractivity contribution in [2.24, 2.45) is 0 Å². The summed E-state index contributed by atoms with van der Waals surface area (Å²) in [6, 6.07) is 13.9. The molecule has 0 spiro atoms. The summed E-state index contributed by atoms with van der Waals surface area (Å²) in [6.07, 6.45) is 2.69. The number of hydrogen-bond acceptors (Lipinski definition) is 5. The molecule has 1 unspecified atom stereocenters. The number of rotatable bonds is 5. The summed E-state index contributed by atoms with van der Waals surface area (Å²) in [4.78, 5) is 10.2. The molecule has 0 amide bonds. The largest absolute Gasteiger partial charge is 0.306 e. The Morgan fingerprint density at radius 2 is 1.90 bits per heavy atom. The minimum Gasteiger partial charge on any atom is -0.306 e. The molecule has 1 N–H and O–H groups in total. The first kappa shape index (κ1) is 19.2. The molecule has 0 radical (unpaired) electrons. The van der Waals surface area contributed by atoms with E-state index in [0.29, 0.717) is 6.04 Å². The van der Waals surface area contributed by atoms with Crippen LogP contribution >= 0.6 is 11.3 Å². The highest BCUT2D eigenvalue weighted by atomic mass is 32.1. The molecule has 0 bridgehead atoms. The second-order valence-electron chi connectivity index (χ2n) is 8.31. The monoisotopic (exact) mass is 406 g/mol. The minimum atomic E-state index is 0.305. The van der Waals surface area contributed by atoms with Crippen LogP contribution in [-0.4, -0.2) is 54.1 Å². The molecule has 2 aromatic heterocycles. The lowest BCUT2D eigenvalue weighted by molar-refractivity contribution is 0.209. The molecule has 0 aliphatic carbocycles. The van der Waals surface area contributed by atoms with Crippen LogP contribution in [0.3, 0.4) is 0 Å². The predicted molar refractivity (Wildman–Crippen MR) is 122 cm³/mol. The van der Waals surface area contributed by atoms with Crippen molar-refractivity contribution in [3.05, 3.63) is 53.0 Å². The Labute approximate surface area is 177 Å². The van der Waals surface area contributed by atoms with Crippen LogP contribution in [0.15, 0.2) is 41.8 Å². The number of aromatic nitrogens is 1. The average molecular weight is 407 g/mol. The number of hydrogen-bond donors (Lipinski definition) is 1. The third kappa shape index (κ3) is 4.10. The lowest BCUT2D eigenvalue weighted by Gasteiger charge is -2.33. The summed E-state index contributed by atoms with van der Waals surface area (Å²) in [5, 5.41) is 7.21. The molecule has 5 heteroatoms. The zero-order chi connectivity index (χ0) is 19.6. The van der Waals surface area contributed by atoms with E-state index in [0.717, 1.165) is 38.4 Å². The number of thiophene rings is 1. The Balaban J connectivity index is 1.44. The highest BCUT2D eigenvalue weighted by Crippen LogP contribution is 2.33. The third-order valence-electron chi connectivity index (χ3n) is 6.35. The molecule has 2 saturated heterocycles. The van der Waals surface area contributed by atoms with E-state index in [1.807, 2.05) is 11.3 Å². The van der Waals surface area contributed by atoms with Gasteiger partial charge in [-0.3, -0.25) is 4.90 Å². The topological polar surface area (TPSA) is 31.4 Å². The first-order valence-corrected chi connectivity index (χ1v) is 11.8. The van der Waals surface area contributed by atoms with Gasteiger partial charge in [-0.2, -0.15) is 0 Å². The first-order valence-electron chi connectivity index (χ1n) is 11.0. The van der Waals surface area contributed by atoms with Gasteiger partial charge in [0.25, 0.3) is 0 Å². The number of nitrogens with zero attached hydrogens (tertiary/aromatic N) is 3. The maximum atomic E-state index is 5.18. The molecular weight excluding hydrogens is 376 g/mol. The van der Waals surface area contributed by atoms with E-state index in [1.54, 1.807) is 0 Å². The number of likely N-dealkylation sites (N-methyl/N-ethyl adjacent to an activating group) is 1. The van der Waals surface area contributed by atoms with E-state index in [4.69, 9.17) is 4.98 Å². The molecule has 4 heterocycles. The van der Waals surface area contributed by atoms with Gasteiger partial charge in [0.15, 0.2) is 0 Å². The van der Waals surface area contributed by atoms with Crippen molar-refractivity contribution < 1.29 is 0 Å². The summed E-state index contributed by atoms with van der Waals surface area (Å²) >= 11 is 1.81. The van der Waals surface area contributed by atoms with E-state index in [2.05, 4.69) is 63.8 Å². The van der Waals surface area contributed by atoms with Gasteiger partial charge in [0.2, 0.25) is 0 Å². The van der Waals surface area contributed by atoms with Gasteiger partial charge < -0.3 is 10.2 Å². The van der Waals surface area contributed by atoms with Crippen LogP contribution in [0.4, 0.5) is 0 Å². The van der Waals surface area contributed by atoms with Crippen LogP contribution in [0.5, 0.6) is 0 Å². The molecule has 1 aromatic carbocycles. The van der Waals surface area contributed by atoms with Crippen molar-refractivity contribution in [1.29, 1.82) is 0 Å². The normalized spacial score (nSPS) is 21.2. The van der Waals surface area contributed by atoms with E-state index in [9.17, 15) is 0 Å². The number of likely N-dealkylation sites (tertiary alicyclic amines) is 1. The van der Waals surface area contributed by atoms with Gasteiger partial charge >= 0.3 is 0 Å². The van der Waals surface area contributed by atoms with Gasteiger partial charge in [0, 0.05) is 31.7 Å². The molecule has 1 atom stereocenters. The highest BCUT2D eigenvalue weighted by Gasteiger charge is 2.24. The molecule has 2 aliphatic rings. The van der Waals surface area contributed by atoms with Crippen molar-refractivity contribution in [3.63, 3.8) is 0 Å². The Morgan fingerprint density at radius 3 is 2.69 bits per heavy atom. The van der Waals surface area contributed by atoms with Crippen LogP contribution in [0.25, 0.3) is 21.3 Å². The van der Waals surface area contributed by atoms with Gasteiger partial charge in [-0.05, 0) is 60.9 Å². The number of pyridine rings is 1. The zero-order valence-electron chi connectivity index (χ0n) is 17.2. The number of nitrogens with one attached hydrogen (secondary N) is 1. The SMILES string of the molecule is CCN1CCNC(c2nc(-c3ccc(CN4CCCC4)cc3)cc3ccsc23)C1. The maximum absolute atomic E-state index is 5.18. The molecule has 2 fully saturated rings. The van der Waals surface area contributed by atoms with Crippen LogP contribution < -0.4 is 5.32 Å². The summed E-state index contributed by atoms with van der Waals surface area (Å²) in [6.45, 7) is 10.1. The molecule has 2 aliphatic heterocycles. The summed E-state index contributed by atoms with van der Waals surface area (Å²) < 4.78 is 1.33. The van der Waals surface area contributed by atoms with Crippen LogP contribution in [0.2, 0.25) is 0 Å². The van der Waals surface area contributed by atoms with Crippen molar-refractivity contribution in [1.82, 2.24) is 20.1 Å². The predicted octanol–water partition coefficient (Wildman–Crippen LogP) is 4.53. The van der Waals surface area contributed by atoms with Gasteiger partial charge in [-0.15, -0.1) is 11.3 Å². The van der Waals surface area contributed by atoms with E-state index in [1.165, 1.54) is 52.8 Å². The fraction of sp³-hybridized carbons (Fsp3) is 0.458. The first-order chi connectivity index (χ1) is 14.3. The third-order valence-corrected chi connectivity index (χ3v) is 7.31. The van der Waals surface area contributed by atoms with Crippen LogP contribution in [0.1, 0.15) is 37.1 Å². The van der Waals surface area contributed by atoms with E-state index in [-0.39, 0.29) is 0 Å². The number of piperazine rings is 1. The van der Waals surface area contributed by atoms with E-state index >= 15 is 0 Å². The van der Waals surface area contributed by atoms with Gasteiger partial charge in [-0.25, -0.2) is 4.98 Å². The zero-order valence-corrected chi connectivity index (χ0v) is 18.0. The van der Waals surface area contributed by atoms with Gasteiger partial charge in [-0.1, -0.05) is 31.2 Å². The van der Waals surface area contributed by atoms with Crippen molar-refractivity contribution in [2.45, 2.75) is 32.4 Å². The quantitative estimate of drug-likeness (QED) is 0.675. The summed E-state index contributed by atoms with van der Waals surface area (Å²) in [5.41, 5.74) is 4.92. The number of benzene rings is 1. The smallest absolute Gasteiger partial charge is 0.0771 e. The second kappa shape index (κ2) is 8.52. The fourth-order valence-corrected chi connectivity index (χ4v) is 5.57. The number of fused-ring (bicyclic) bond motifs is 1. The standard InChI is InChI=1S/C24H30N4S/c1-2-27-13-10-25-22(17-27)23-24-20(9-14-29-24)15-21(26-23)19-7-5-18(6-8-19)16-28-11-3-4-12-28/h5-9,14-15,22,25H,2-4,10-13,16-17H2,1H3. The molecule has 3 aromatic rings. The lowest BCUT2D eigenvalue weighted by atomic mass is 10.0. The Morgan fingerprint density at radius 1 is 1.07 bits per heavy atom. The van der Waals surface area contributed by atoms with Crippen LogP contribution in [0, 0.1) is 0 Å². The molecule has 5 rings (SSSR count). The second-order valence-corrected chi connectivity index (χ2v) is 9.23. The lowest BCUT2D eigenvalue weighted by Crippen LogP contribution is -2.45. The van der Waals surface area contributed by atoms with Crippen molar-refractivity contribution >= 4 is 21.4 Å². The highest BCUT2D eigenvalue weighted by molar-refractivity contribution is 7.17. The van der Waals surface area contributed by atoms with Crippen LogP contribution in [-0.2, 0) is 6.54 Å². The molecule has 29 heavy (non-hydrogen) atoms. The van der Waals surface area contributed by atoms with Gasteiger partial charge in [0.05, 0.1) is 22.1 Å². The Hall–Kier alpha value is -1.79. The summed E-state index contributed by atoms with van der Waals surface area (Å²) in [7, 11) is 0. The molecule has 0 saturated carbocycles. The summed E-state index contributed by atoms with van der Waals surface area (Å²) in [5.74, 6) is 0. The van der Waals surface area contributed by atoms with Crippen molar-refractivity contribution in [3.8, 4) is 11.3 Å². The maximum Gasteiger partial charge on any atom is 0.0771 e. The minimum absolute atomic E-state index is 0.305. The van der Waals surface area contributed by atoms with Gasteiger partial charge in [0.1, 0.15) is 0 Å². The van der Waals surface area contributed by atoms with Crippen molar-refractivity contribution in [2.75, 3.05) is 39.3 Å². The fourth-order valence-electron chi connectivity index (χ4n) is 4.65. The Kier molecular flexibility index (Phi) is 5.64. The molecule has 4 nitrogen and oxygen atoms in total. The molecule has 152 valence electrons. The Bertz CT molecular complexity index is 959.